The standard InChI is InChI=1S/C36H38F3N5O4/c37-29-20-31(39)30(38)18-25(29)17-26(19-34(45)43-14-4-8-27(43)21-40)42-35(46)33-9-5-15-44(33)36(47)32(41)16-23-10-12-28(13-11-23)48-22-24-6-2-1-3-7-24/h1-3,6-7,10-13,18,20,26-27,32-33H,4-5,8-9,14-17,19,22,41H2,(H,42,46)/t26-,27?,32?,33?/m0/s1. The number of halogens is 3. The molecule has 3 aromatic carbocycles. The van der Waals surface area contributed by atoms with Gasteiger partial charge in [-0.25, -0.2) is 13.2 Å². The third kappa shape index (κ3) is 8.52. The van der Waals surface area contributed by atoms with Crippen LogP contribution in [-0.2, 0) is 33.8 Å². The fourth-order valence-electron chi connectivity index (χ4n) is 6.30. The normalized spacial score (nSPS) is 18.6. The number of hydrogen-bond donors (Lipinski definition) is 2. The fraction of sp³-hybridized carbons (Fsp3) is 0.389. The predicted molar refractivity (Wildman–Crippen MR) is 171 cm³/mol. The molecule has 2 aliphatic heterocycles. The highest BCUT2D eigenvalue weighted by molar-refractivity contribution is 5.91. The van der Waals surface area contributed by atoms with E-state index in [4.69, 9.17) is 10.5 Å². The molecule has 2 fully saturated rings. The summed E-state index contributed by atoms with van der Waals surface area (Å²) < 4.78 is 48.1. The molecule has 0 spiro atoms. The van der Waals surface area contributed by atoms with Crippen LogP contribution in [0.15, 0.2) is 66.7 Å². The minimum absolute atomic E-state index is 0.219. The Hall–Kier alpha value is -4.89. The van der Waals surface area contributed by atoms with Gasteiger partial charge in [-0.15, -0.1) is 0 Å². The molecule has 2 heterocycles. The lowest BCUT2D eigenvalue weighted by atomic mass is 10.0. The van der Waals surface area contributed by atoms with Gasteiger partial charge in [-0.2, -0.15) is 5.26 Å². The summed E-state index contributed by atoms with van der Waals surface area (Å²) in [4.78, 5) is 43.1. The van der Waals surface area contributed by atoms with Gasteiger partial charge in [0.15, 0.2) is 11.6 Å². The van der Waals surface area contributed by atoms with Crippen molar-refractivity contribution in [1.29, 1.82) is 5.26 Å². The molecule has 12 heteroatoms. The summed E-state index contributed by atoms with van der Waals surface area (Å²) in [6.07, 6.45) is 1.67. The van der Waals surface area contributed by atoms with E-state index in [1.807, 2.05) is 42.5 Å². The Morgan fingerprint density at radius 3 is 2.31 bits per heavy atom. The lowest BCUT2D eigenvalue weighted by Crippen LogP contribution is -2.54. The fourth-order valence-corrected chi connectivity index (χ4v) is 6.30. The highest BCUT2D eigenvalue weighted by Gasteiger charge is 2.38. The van der Waals surface area contributed by atoms with Crippen LogP contribution in [0, 0.1) is 28.8 Å². The molecule has 3 amide bonds. The molecule has 2 saturated heterocycles. The largest absolute Gasteiger partial charge is 0.489 e. The van der Waals surface area contributed by atoms with Crippen LogP contribution in [0.1, 0.15) is 48.8 Å². The van der Waals surface area contributed by atoms with Crippen LogP contribution in [-0.4, -0.2) is 64.8 Å². The average Bonchev–Trinajstić information content (AvgIpc) is 3.77. The second-order valence-electron chi connectivity index (χ2n) is 12.3. The van der Waals surface area contributed by atoms with E-state index in [2.05, 4.69) is 11.4 Å². The maximum absolute atomic E-state index is 14.6. The molecular weight excluding hydrogens is 623 g/mol. The summed E-state index contributed by atoms with van der Waals surface area (Å²) in [6.45, 7) is 1.08. The maximum Gasteiger partial charge on any atom is 0.243 e. The van der Waals surface area contributed by atoms with Gasteiger partial charge in [0.2, 0.25) is 17.7 Å². The van der Waals surface area contributed by atoms with E-state index in [-0.39, 0.29) is 24.8 Å². The van der Waals surface area contributed by atoms with Gasteiger partial charge in [-0.3, -0.25) is 14.4 Å². The number of hydrogen-bond acceptors (Lipinski definition) is 6. The van der Waals surface area contributed by atoms with Crippen LogP contribution in [0.2, 0.25) is 0 Å². The average molecular weight is 662 g/mol. The van der Waals surface area contributed by atoms with Crippen molar-refractivity contribution in [2.24, 2.45) is 5.73 Å². The molecular formula is C36H38F3N5O4. The van der Waals surface area contributed by atoms with Gasteiger partial charge in [0.25, 0.3) is 0 Å². The number of carbonyl (C=O) groups is 3. The second kappa shape index (κ2) is 15.8. The van der Waals surface area contributed by atoms with Gasteiger partial charge in [0.05, 0.1) is 12.1 Å². The molecule has 0 aliphatic carbocycles. The predicted octanol–water partition coefficient (Wildman–Crippen LogP) is 4.18. The first-order chi connectivity index (χ1) is 23.1. The van der Waals surface area contributed by atoms with Crippen molar-refractivity contribution in [2.75, 3.05) is 13.1 Å². The van der Waals surface area contributed by atoms with E-state index >= 15 is 0 Å². The molecule has 252 valence electrons. The number of nitrogens with zero attached hydrogens (tertiary/aromatic N) is 3. The Balaban J connectivity index is 1.22. The van der Waals surface area contributed by atoms with E-state index in [1.54, 1.807) is 12.1 Å². The van der Waals surface area contributed by atoms with Crippen LogP contribution in [0.5, 0.6) is 5.75 Å². The molecule has 3 N–H and O–H groups in total. The molecule has 0 bridgehead atoms. The molecule has 48 heavy (non-hydrogen) atoms. The van der Waals surface area contributed by atoms with Crippen molar-refractivity contribution in [1.82, 2.24) is 15.1 Å². The molecule has 4 atom stereocenters. The van der Waals surface area contributed by atoms with Crippen molar-refractivity contribution in [2.45, 2.75) is 75.7 Å². The quantitative estimate of drug-likeness (QED) is 0.281. The van der Waals surface area contributed by atoms with Crippen LogP contribution < -0.4 is 15.8 Å². The molecule has 3 aromatic rings. The number of carbonyl (C=O) groups excluding carboxylic acids is 3. The molecule has 0 radical (unpaired) electrons. The maximum atomic E-state index is 14.6. The number of nitrogens with two attached hydrogens (primary N) is 1. The Bertz CT molecular complexity index is 1650. The summed E-state index contributed by atoms with van der Waals surface area (Å²) in [5.41, 5.74) is 7.96. The van der Waals surface area contributed by atoms with E-state index < -0.39 is 59.3 Å². The number of amides is 3. The smallest absolute Gasteiger partial charge is 0.243 e. The molecule has 0 saturated carbocycles. The van der Waals surface area contributed by atoms with E-state index in [0.29, 0.717) is 63.3 Å². The van der Waals surface area contributed by atoms with Crippen LogP contribution >= 0.6 is 0 Å². The molecule has 0 aromatic heterocycles. The topological polar surface area (TPSA) is 129 Å². The van der Waals surface area contributed by atoms with Gasteiger partial charge in [-0.05, 0) is 73.4 Å². The molecule has 2 aliphatic rings. The first kappa shape index (κ1) is 34.4. The number of benzene rings is 3. The first-order valence-electron chi connectivity index (χ1n) is 16.1. The third-order valence-electron chi connectivity index (χ3n) is 8.83. The molecule has 3 unspecified atom stereocenters. The van der Waals surface area contributed by atoms with E-state index in [9.17, 15) is 32.8 Å². The van der Waals surface area contributed by atoms with Gasteiger partial charge >= 0.3 is 0 Å². The monoisotopic (exact) mass is 661 g/mol. The summed E-state index contributed by atoms with van der Waals surface area (Å²) in [6, 6.07) is 16.8. The minimum atomic E-state index is -1.36. The van der Waals surface area contributed by atoms with Gasteiger partial charge in [0.1, 0.15) is 30.3 Å². The summed E-state index contributed by atoms with van der Waals surface area (Å²) in [7, 11) is 0. The lowest BCUT2D eigenvalue weighted by molar-refractivity contribution is -0.140. The van der Waals surface area contributed by atoms with Crippen LogP contribution in [0.25, 0.3) is 0 Å². The van der Waals surface area contributed by atoms with Crippen LogP contribution in [0.4, 0.5) is 13.2 Å². The Labute approximate surface area is 277 Å². The Kier molecular flexibility index (Phi) is 11.3. The second-order valence-corrected chi connectivity index (χ2v) is 12.3. The number of likely N-dealkylation sites (tertiary alicyclic amines) is 2. The van der Waals surface area contributed by atoms with E-state index in [0.717, 1.165) is 11.1 Å². The number of ether oxygens (including phenoxy) is 1. The zero-order chi connectivity index (χ0) is 34.2. The van der Waals surface area contributed by atoms with Crippen LogP contribution in [0.3, 0.4) is 0 Å². The van der Waals surface area contributed by atoms with Crippen molar-refractivity contribution in [3.63, 3.8) is 0 Å². The Morgan fingerprint density at radius 1 is 0.896 bits per heavy atom. The zero-order valence-electron chi connectivity index (χ0n) is 26.4. The third-order valence-corrected chi connectivity index (χ3v) is 8.83. The minimum Gasteiger partial charge on any atom is -0.489 e. The number of nitriles is 1. The summed E-state index contributed by atoms with van der Waals surface area (Å²) >= 11 is 0. The highest BCUT2D eigenvalue weighted by Crippen LogP contribution is 2.23. The Morgan fingerprint density at radius 2 is 1.58 bits per heavy atom. The lowest BCUT2D eigenvalue weighted by Gasteiger charge is -2.29. The van der Waals surface area contributed by atoms with E-state index in [1.165, 1.54) is 9.80 Å². The van der Waals surface area contributed by atoms with Crippen molar-refractivity contribution < 1.29 is 32.3 Å². The van der Waals surface area contributed by atoms with Crippen molar-refractivity contribution in [3.05, 3.63) is 101 Å². The van der Waals surface area contributed by atoms with Gasteiger partial charge in [0, 0.05) is 31.6 Å². The molecule has 5 rings (SSSR count). The number of nitrogens with one attached hydrogen (secondary N) is 1. The zero-order valence-corrected chi connectivity index (χ0v) is 26.4. The highest BCUT2D eigenvalue weighted by atomic mass is 19.2. The van der Waals surface area contributed by atoms with Crippen molar-refractivity contribution in [3.8, 4) is 11.8 Å². The van der Waals surface area contributed by atoms with Crippen molar-refractivity contribution >= 4 is 17.7 Å². The van der Waals surface area contributed by atoms with Gasteiger partial charge in [-0.1, -0.05) is 42.5 Å². The summed E-state index contributed by atoms with van der Waals surface area (Å²) in [5.74, 6) is -4.37. The summed E-state index contributed by atoms with van der Waals surface area (Å²) in [5, 5.41) is 12.2. The number of rotatable bonds is 12. The first-order valence-corrected chi connectivity index (χ1v) is 16.1. The molecule has 9 nitrogen and oxygen atoms in total. The van der Waals surface area contributed by atoms with Gasteiger partial charge < -0.3 is 25.6 Å². The SMILES string of the molecule is N#CC1CCCN1C(=O)C[C@H](Cc1cc(F)c(F)cc1F)NC(=O)C1CCCN1C(=O)C(N)Cc1ccc(OCc2ccccc2)cc1.